The predicted molar refractivity (Wildman–Crippen MR) is 49.3 cm³/mol. The molecule has 0 unspecified atom stereocenters. The summed E-state index contributed by atoms with van der Waals surface area (Å²) in [4.78, 5) is 9.71. The Labute approximate surface area is 75.0 Å². The molecule has 1 aromatic carbocycles. The van der Waals surface area contributed by atoms with E-state index in [4.69, 9.17) is 18.3 Å². The van der Waals surface area contributed by atoms with Crippen molar-refractivity contribution in [2.24, 2.45) is 0 Å². The molecular weight excluding hydrogens is 171 g/mol. The summed E-state index contributed by atoms with van der Waals surface area (Å²) in [6, 6.07) is 3.65. The number of nitro groups is 1. The molecule has 0 aliphatic rings. The third kappa shape index (κ3) is 1.84. The number of rotatable bonds is 2. The molecule has 0 saturated heterocycles. The average Bonchev–Trinajstić information content (AvgIpc) is 2.03. The van der Waals surface area contributed by atoms with Gasteiger partial charge in [0, 0.05) is 0 Å². The van der Waals surface area contributed by atoms with Gasteiger partial charge in [0.25, 0.3) is 0 Å². The zero-order valence-corrected chi connectivity index (χ0v) is 6.60. The maximum absolute atomic E-state index is 10.3. The van der Waals surface area contributed by atoms with Crippen LogP contribution in [0.3, 0.4) is 0 Å². The third-order valence-corrected chi connectivity index (χ3v) is 1.52. The van der Waals surface area contributed by atoms with E-state index in [1.54, 1.807) is 0 Å². The zero-order chi connectivity index (χ0) is 10.0. The third-order valence-electron chi connectivity index (χ3n) is 1.52. The fourth-order valence-electron chi connectivity index (χ4n) is 0.897. The van der Waals surface area contributed by atoms with Gasteiger partial charge in [-0.05, 0) is 0 Å². The molecule has 0 saturated carbocycles. The summed E-state index contributed by atoms with van der Waals surface area (Å²) < 4.78 is 0. The van der Waals surface area contributed by atoms with Crippen molar-refractivity contribution in [1.82, 2.24) is 0 Å². The van der Waals surface area contributed by atoms with Crippen molar-refractivity contribution >= 4 is 24.5 Å². The minimum absolute atomic E-state index is 0.0780. The second kappa shape index (κ2) is 3.26. The number of aliphatic hydroxyl groups is 1. The van der Waals surface area contributed by atoms with Crippen LogP contribution in [0.25, 0.3) is 0 Å². The molecule has 0 fully saturated rings. The van der Waals surface area contributed by atoms with Crippen LogP contribution >= 0.6 is 0 Å². The molecule has 6 heteroatoms. The number of nitro benzene ring substituents is 1. The second-order valence-electron chi connectivity index (χ2n) is 2.41. The number of nitrogens with two attached hydrogens (primary N) is 1. The number of hydrogen-bond donors (Lipinski definition) is 2. The van der Waals surface area contributed by atoms with Crippen molar-refractivity contribution in [3.63, 3.8) is 0 Å². The van der Waals surface area contributed by atoms with E-state index in [1.807, 2.05) is 0 Å². The van der Waals surface area contributed by atoms with Crippen LogP contribution in [0.15, 0.2) is 18.2 Å². The SMILES string of the molecule is [B]=C(O)c1ccc([N+](=O)[O-])cc1N. The van der Waals surface area contributed by atoms with Crippen molar-refractivity contribution in [3.8, 4) is 0 Å². The number of nitrogens with zero attached hydrogens (tertiary/aromatic N) is 1. The molecule has 0 heterocycles. The van der Waals surface area contributed by atoms with Crippen molar-refractivity contribution in [1.29, 1.82) is 0 Å². The van der Waals surface area contributed by atoms with E-state index in [1.165, 1.54) is 12.1 Å². The van der Waals surface area contributed by atoms with E-state index < -0.39 is 10.6 Å². The standard InChI is InChI=1S/C7H6BN2O3/c8-7(11)5-2-1-4(10(12)13)3-6(5)9/h1-3,11H,9H2. The Kier molecular flexibility index (Phi) is 2.32. The molecule has 0 atom stereocenters. The minimum atomic E-state index is -0.576. The van der Waals surface area contributed by atoms with E-state index in [0.717, 1.165) is 6.07 Å². The summed E-state index contributed by atoms with van der Waals surface area (Å²) in [5.41, 5.74) is 5.08. The van der Waals surface area contributed by atoms with Gasteiger partial charge in [0.2, 0.25) is 0 Å². The molecule has 1 aromatic rings. The normalized spacial score (nSPS) is 9.46. The van der Waals surface area contributed by atoms with Gasteiger partial charge in [0.05, 0.1) is 0 Å². The topological polar surface area (TPSA) is 89.4 Å². The molecule has 1 rings (SSSR count). The van der Waals surface area contributed by atoms with E-state index >= 15 is 0 Å². The molecule has 3 N–H and O–H groups in total. The summed E-state index contributed by atoms with van der Waals surface area (Å²) in [7, 11) is 5.06. The van der Waals surface area contributed by atoms with Crippen molar-refractivity contribution < 1.29 is 10.0 Å². The van der Waals surface area contributed by atoms with Gasteiger partial charge in [-0.25, -0.2) is 0 Å². The molecular formula is C7H6BN2O3. The molecule has 0 aliphatic carbocycles. The number of anilines is 1. The van der Waals surface area contributed by atoms with Crippen LogP contribution in [0.5, 0.6) is 0 Å². The Morgan fingerprint density at radius 3 is 2.62 bits per heavy atom. The first kappa shape index (κ1) is 9.24. The number of benzene rings is 1. The zero-order valence-electron chi connectivity index (χ0n) is 6.60. The van der Waals surface area contributed by atoms with Crippen LogP contribution in [0, 0.1) is 10.1 Å². The summed E-state index contributed by atoms with van der Waals surface area (Å²) in [5, 5.41) is 19.2. The maximum atomic E-state index is 10.3. The first-order valence-corrected chi connectivity index (χ1v) is 3.38. The molecule has 65 valence electrons. The molecule has 0 amide bonds. The second-order valence-corrected chi connectivity index (χ2v) is 2.41. The van der Waals surface area contributed by atoms with Gasteiger partial charge in [-0.3, -0.25) is 0 Å². The van der Waals surface area contributed by atoms with Crippen molar-refractivity contribution in [2.75, 3.05) is 5.73 Å². The molecule has 0 aromatic heterocycles. The van der Waals surface area contributed by atoms with Crippen molar-refractivity contribution in [2.45, 2.75) is 0 Å². The Balaban J connectivity index is 3.20. The molecule has 0 spiro atoms. The quantitative estimate of drug-likeness (QED) is 0.292. The molecule has 5 nitrogen and oxygen atoms in total. The monoisotopic (exact) mass is 177 g/mol. The molecule has 1 radical (unpaired) electrons. The van der Waals surface area contributed by atoms with Gasteiger partial charge in [-0.2, -0.15) is 0 Å². The van der Waals surface area contributed by atoms with Gasteiger partial charge in [0.15, 0.2) is 0 Å². The summed E-state index contributed by atoms with van der Waals surface area (Å²) in [6.07, 6.45) is 0. The fraction of sp³-hybridized carbons (Fsp3) is 0. The van der Waals surface area contributed by atoms with Crippen LogP contribution in [-0.2, 0) is 0 Å². The number of nitrogen functional groups attached to an aromatic ring is 1. The van der Waals surface area contributed by atoms with Crippen LogP contribution in [0.1, 0.15) is 5.56 Å². The van der Waals surface area contributed by atoms with Crippen LogP contribution in [0.2, 0.25) is 0 Å². The molecule has 13 heavy (non-hydrogen) atoms. The first-order chi connectivity index (χ1) is 6.02. The van der Waals surface area contributed by atoms with E-state index in [2.05, 4.69) is 0 Å². The first-order valence-electron chi connectivity index (χ1n) is 3.38. The van der Waals surface area contributed by atoms with Gasteiger partial charge >= 0.3 is 74.2 Å². The van der Waals surface area contributed by atoms with Gasteiger partial charge in [0.1, 0.15) is 0 Å². The molecule has 0 aliphatic heterocycles. The molecule has 0 bridgehead atoms. The number of hydrogen-bond acceptors (Lipinski definition) is 4. The Morgan fingerprint density at radius 2 is 2.23 bits per heavy atom. The van der Waals surface area contributed by atoms with Gasteiger partial charge < -0.3 is 0 Å². The number of aliphatic hydroxyl groups excluding tert-OH is 1. The van der Waals surface area contributed by atoms with Crippen LogP contribution in [0.4, 0.5) is 11.4 Å². The van der Waals surface area contributed by atoms with E-state index in [0.29, 0.717) is 0 Å². The van der Waals surface area contributed by atoms with E-state index in [-0.39, 0.29) is 16.9 Å². The van der Waals surface area contributed by atoms with Gasteiger partial charge in [-0.1, -0.05) is 0 Å². The Morgan fingerprint density at radius 1 is 1.62 bits per heavy atom. The van der Waals surface area contributed by atoms with Crippen LogP contribution < -0.4 is 5.73 Å². The summed E-state index contributed by atoms with van der Waals surface area (Å²) in [5.74, 6) is 0. The predicted octanol–water partition coefficient (Wildman–Crippen LogP) is 0.196. The van der Waals surface area contributed by atoms with E-state index in [9.17, 15) is 10.1 Å². The average molecular weight is 177 g/mol. The summed E-state index contributed by atoms with van der Waals surface area (Å²) in [6.45, 7) is 0. The summed E-state index contributed by atoms with van der Waals surface area (Å²) >= 11 is 0. The van der Waals surface area contributed by atoms with Crippen LogP contribution in [-0.4, -0.2) is 23.2 Å². The Hall–Kier alpha value is -1.85. The van der Waals surface area contributed by atoms with Crippen molar-refractivity contribution in [3.05, 3.63) is 33.9 Å². The Bertz CT molecular complexity index is 378. The number of non-ortho nitro benzene ring substituents is 1. The fourth-order valence-corrected chi connectivity index (χ4v) is 0.897. The van der Waals surface area contributed by atoms with Gasteiger partial charge in [-0.15, -0.1) is 0 Å².